The molecule has 2 aromatic carbocycles. The third-order valence-electron chi connectivity index (χ3n) is 7.34. The molecule has 0 aliphatic heterocycles. The number of nitrogens with one attached hydrogen (secondary N) is 2. The van der Waals surface area contributed by atoms with E-state index in [1.54, 1.807) is 13.3 Å². The number of carbonyl (C=O) groups excluding carboxylic acids is 1. The second-order valence-corrected chi connectivity index (χ2v) is 9.80. The fourth-order valence-corrected chi connectivity index (χ4v) is 5.22. The van der Waals surface area contributed by atoms with Crippen LogP contribution in [-0.4, -0.2) is 49.4 Å². The standard InChI is InChI=1S/C29H30N6O3/c1-34-23-6-4-3-5-18(23)15-24(34)29(37)32-22-12-7-19(16-26(22)38-2)25-17-30-28-14-13-27(33-35(25)28)31-20-8-10-21(36)11-9-20/h3-7,12-17,20-21,36H,8-11H2,1-2H3,(H,31,33)(H,32,37)/t20-,21-. The lowest BCUT2D eigenvalue weighted by atomic mass is 9.93. The number of nitrogens with zero attached hydrogens (tertiary/aromatic N) is 4. The van der Waals surface area contributed by atoms with E-state index in [9.17, 15) is 9.90 Å². The van der Waals surface area contributed by atoms with Crippen molar-refractivity contribution in [2.45, 2.75) is 37.8 Å². The maximum atomic E-state index is 13.1. The van der Waals surface area contributed by atoms with Crippen molar-refractivity contribution in [1.29, 1.82) is 0 Å². The summed E-state index contributed by atoms with van der Waals surface area (Å²) in [5, 5.41) is 22.1. The summed E-state index contributed by atoms with van der Waals surface area (Å²) in [7, 11) is 3.47. The van der Waals surface area contributed by atoms with Gasteiger partial charge in [-0.25, -0.2) is 9.50 Å². The van der Waals surface area contributed by atoms with E-state index in [1.165, 1.54) is 0 Å². The lowest BCUT2D eigenvalue weighted by molar-refractivity contribution is 0.101. The number of benzene rings is 2. The van der Waals surface area contributed by atoms with Crippen LogP contribution in [0.1, 0.15) is 36.2 Å². The molecule has 1 saturated carbocycles. The van der Waals surface area contributed by atoms with Crippen molar-refractivity contribution in [3.63, 3.8) is 0 Å². The molecule has 194 valence electrons. The van der Waals surface area contributed by atoms with Crippen LogP contribution in [0.15, 0.2) is 66.9 Å². The van der Waals surface area contributed by atoms with E-state index in [1.807, 2.05) is 76.8 Å². The Morgan fingerprint density at radius 1 is 1.05 bits per heavy atom. The molecule has 1 amide bonds. The second-order valence-electron chi connectivity index (χ2n) is 9.80. The van der Waals surface area contributed by atoms with Gasteiger partial charge >= 0.3 is 0 Å². The Labute approximate surface area is 220 Å². The van der Waals surface area contributed by atoms with Crippen molar-refractivity contribution >= 4 is 34.0 Å². The predicted octanol–water partition coefficient (Wildman–Crippen LogP) is 4.86. The molecule has 1 aliphatic carbocycles. The van der Waals surface area contributed by atoms with Crippen LogP contribution in [-0.2, 0) is 7.05 Å². The molecular weight excluding hydrogens is 480 g/mol. The molecule has 6 rings (SSSR count). The third-order valence-corrected chi connectivity index (χ3v) is 7.34. The van der Waals surface area contributed by atoms with Gasteiger partial charge in [-0.15, -0.1) is 5.10 Å². The Morgan fingerprint density at radius 2 is 1.87 bits per heavy atom. The molecule has 5 aromatic rings. The summed E-state index contributed by atoms with van der Waals surface area (Å²) in [6.45, 7) is 0. The first kappa shape index (κ1) is 24.0. The number of para-hydroxylation sites is 1. The predicted molar refractivity (Wildman–Crippen MR) is 148 cm³/mol. The summed E-state index contributed by atoms with van der Waals surface area (Å²) in [4.78, 5) is 17.7. The number of imidazole rings is 1. The molecule has 1 fully saturated rings. The van der Waals surface area contributed by atoms with E-state index in [2.05, 4.69) is 15.6 Å². The lowest BCUT2D eigenvalue weighted by Gasteiger charge is -2.26. The van der Waals surface area contributed by atoms with Crippen molar-refractivity contribution in [3.05, 3.63) is 72.6 Å². The summed E-state index contributed by atoms with van der Waals surface area (Å²) in [5.74, 6) is 1.10. The molecule has 3 N–H and O–H groups in total. The van der Waals surface area contributed by atoms with E-state index < -0.39 is 0 Å². The normalized spacial score (nSPS) is 17.6. The summed E-state index contributed by atoms with van der Waals surface area (Å²) >= 11 is 0. The highest BCUT2D eigenvalue weighted by molar-refractivity contribution is 6.07. The SMILES string of the molecule is COc1cc(-c2cnc3ccc(N[C@H]4CC[C@H](O)CC4)nn23)ccc1NC(=O)c1cc2ccccc2n1C. The smallest absolute Gasteiger partial charge is 0.272 e. The molecule has 0 unspecified atom stereocenters. The number of aliphatic hydroxyl groups is 1. The highest BCUT2D eigenvalue weighted by atomic mass is 16.5. The minimum atomic E-state index is -0.211. The van der Waals surface area contributed by atoms with Crippen LogP contribution in [0, 0.1) is 0 Å². The van der Waals surface area contributed by atoms with Gasteiger partial charge in [0.2, 0.25) is 0 Å². The zero-order chi connectivity index (χ0) is 26.2. The Bertz CT molecular complexity index is 1630. The average molecular weight is 511 g/mol. The first-order valence-electron chi connectivity index (χ1n) is 12.8. The number of methoxy groups -OCH3 is 1. The number of ether oxygens (including phenoxy) is 1. The number of rotatable bonds is 6. The summed E-state index contributed by atoms with van der Waals surface area (Å²) in [6.07, 6.45) is 5.03. The molecule has 1 aliphatic rings. The van der Waals surface area contributed by atoms with Crippen LogP contribution in [0.2, 0.25) is 0 Å². The minimum absolute atomic E-state index is 0.196. The van der Waals surface area contributed by atoms with Crippen molar-refractivity contribution in [2.75, 3.05) is 17.7 Å². The topological polar surface area (TPSA) is 106 Å². The molecule has 38 heavy (non-hydrogen) atoms. The van der Waals surface area contributed by atoms with Crippen molar-refractivity contribution in [1.82, 2.24) is 19.2 Å². The highest BCUT2D eigenvalue weighted by Crippen LogP contribution is 2.32. The fraction of sp³-hybridized carbons (Fsp3) is 0.276. The van der Waals surface area contributed by atoms with Gasteiger partial charge in [0.05, 0.1) is 30.8 Å². The third kappa shape index (κ3) is 4.45. The Morgan fingerprint density at radius 3 is 2.66 bits per heavy atom. The number of aromatic nitrogens is 4. The van der Waals surface area contributed by atoms with Gasteiger partial charge in [0.15, 0.2) is 5.65 Å². The van der Waals surface area contributed by atoms with Crippen LogP contribution in [0.4, 0.5) is 11.5 Å². The van der Waals surface area contributed by atoms with Crippen LogP contribution in [0.3, 0.4) is 0 Å². The maximum Gasteiger partial charge on any atom is 0.272 e. The fourth-order valence-electron chi connectivity index (χ4n) is 5.22. The van der Waals surface area contributed by atoms with Gasteiger partial charge in [0, 0.05) is 29.6 Å². The number of anilines is 2. The number of hydrogen-bond donors (Lipinski definition) is 3. The van der Waals surface area contributed by atoms with E-state index in [4.69, 9.17) is 9.84 Å². The van der Waals surface area contributed by atoms with Gasteiger partial charge in [0.25, 0.3) is 5.91 Å². The highest BCUT2D eigenvalue weighted by Gasteiger charge is 2.20. The summed E-state index contributed by atoms with van der Waals surface area (Å²) < 4.78 is 9.34. The van der Waals surface area contributed by atoms with Gasteiger partial charge in [-0.2, -0.15) is 0 Å². The van der Waals surface area contributed by atoms with E-state index in [0.717, 1.165) is 59.3 Å². The Balaban J connectivity index is 1.26. The number of aliphatic hydroxyl groups excluding tert-OH is 1. The molecule has 0 spiro atoms. The van der Waals surface area contributed by atoms with Crippen LogP contribution < -0.4 is 15.4 Å². The molecule has 0 atom stereocenters. The molecule has 0 saturated heterocycles. The first-order valence-corrected chi connectivity index (χ1v) is 12.8. The van der Waals surface area contributed by atoms with Crippen LogP contribution >= 0.6 is 0 Å². The van der Waals surface area contributed by atoms with Crippen molar-refractivity contribution < 1.29 is 14.6 Å². The number of carbonyl (C=O) groups is 1. The number of fused-ring (bicyclic) bond motifs is 2. The van der Waals surface area contributed by atoms with Gasteiger partial charge in [-0.1, -0.05) is 24.3 Å². The van der Waals surface area contributed by atoms with Gasteiger partial charge < -0.3 is 25.0 Å². The Hall–Kier alpha value is -4.37. The lowest BCUT2D eigenvalue weighted by Crippen LogP contribution is -2.28. The molecule has 0 radical (unpaired) electrons. The zero-order valence-corrected chi connectivity index (χ0v) is 21.4. The molecule has 0 bridgehead atoms. The molecular formula is C29H30N6O3. The Kier molecular flexibility index (Phi) is 6.21. The van der Waals surface area contributed by atoms with E-state index >= 15 is 0 Å². The number of amides is 1. The number of hydrogen-bond acceptors (Lipinski definition) is 6. The van der Waals surface area contributed by atoms with Crippen molar-refractivity contribution in [2.24, 2.45) is 7.05 Å². The molecule has 9 nitrogen and oxygen atoms in total. The first-order chi connectivity index (χ1) is 18.5. The van der Waals surface area contributed by atoms with E-state index in [-0.39, 0.29) is 12.0 Å². The quantitative estimate of drug-likeness (QED) is 0.301. The average Bonchev–Trinajstić information content (AvgIpc) is 3.51. The van der Waals surface area contributed by atoms with Crippen LogP contribution in [0.25, 0.3) is 27.8 Å². The zero-order valence-electron chi connectivity index (χ0n) is 21.4. The van der Waals surface area contributed by atoms with Gasteiger partial charge in [0.1, 0.15) is 17.3 Å². The van der Waals surface area contributed by atoms with Crippen LogP contribution in [0.5, 0.6) is 5.75 Å². The molecule has 3 aromatic heterocycles. The van der Waals surface area contributed by atoms with Gasteiger partial charge in [-0.3, -0.25) is 4.79 Å². The maximum absolute atomic E-state index is 13.1. The van der Waals surface area contributed by atoms with Gasteiger partial charge in [-0.05, 0) is 62.1 Å². The number of aryl methyl sites for hydroxylation is 1. The monoisotopic (exact) mass is 510 g/mol. The largest absolute Gasteiger partial charge is 0.495 e. The van der Waals surface area contributed by atoms with E-state index in [0.29, 0.717) is 23.2 Å². The summed E-state index contributed by atoms with van der Waals surface area (Å²) in [5.41, 5.74) is 4.55. The molecule has 9 heteroatoms. The van der Waals surface area contributed by atoms with Crippen molar-refractivity contribution in [3.8, 4) is 17.0 Å². The summed E-state index contributed by atoms with van der Waals surface area (Å²) in [6, 6.07) is 19.6. The minimum Gasteiger partial charge on any atom is -0.495 e. The second kappa shape index (κ2) is 9.83. The molecule has 3 heterocycles.